The molecule has 0 spiro atoms. The maximum absolute atomic E-state index is 12.7. The molecule has 2 heterocycles. The Labute approximate surface area is 124 Å². The lowest BCUT2D eigenvalue weighted by atomic mass is 9.95. The number of ether oxygens (including phenoxy) is 1. The first kappa shape index (κ1) is 13.9. The van der Waals surface area contributed by atoms with Gasteiger partial charge in [0.25, 0.3) is 5.91 Å². The Morgan fingerprint density at radius 3 is 3.05 bits per heavy atom. The van der Waals surface area contributed by atoms with Crippen molar-refractivity contribution in [3.8, 4) is 0 Å². The zero-order chi connectivity index (χ0) is 15.0. The predicted molar refractivity (Wildman–Crippen MR) is 83.2 cm³/mol. The SMILES string of the molecule is COC1CN(C(=O)c2c[nH]c3cc(N)ccc23)CCC1C. The Bertz CT molecular complexity index is 665. The van der Waals surface area contributed by atoms with Gasteiger partial charge in [0.15, 0.2) is 0 Å². The number of carbonyl (C=O) groups excluding carboxylic acids is 1. The van der Waals surface area contributed by atoms with Gasteiger partial charge in [-0.3, -0.25) is 4.79 Å². The van der Waals surface area contributed by atoms with Gasteiger partial charge in [-0.1, -0.05) is 6.92 Å². The first-order valence-electron chi connectivity index (χ1n) is 7.29. The lowest BCUT2D eigenvalue weighted by molar-refractivity contribution is -0.00149. The van der Waals surface area contributed by atoms with Gasteiger partial charge in [-0.15, -0.1) is 0 Å². The second-order valence-corrected chi connectivity index (χ2v) is 5.80. The summed E-state index contributed by atoms with van der Waals surface area (Å²) in [5.41, 5.74) is 8.06. The number of rotatable bonds is 2. The molecule has 1 aromatic heterocycles. The van der Waals surface area contributed by atoms with E-state index in [1.54, 1.807) is 13.3 Å². The number of H-pyrrole nitrogens is 1. The van der Waals surface area contributed by atoms with Gasteiger partial charge in [-0.25, -0.2) is 0 Å². The monoisotopic (exact) mass is 287 g/mol. The third-order valence-electron chi connectivity index (χ3n) is 4.42. The van der Waals surface area contributed by atoms with Crippen LogP contribution in [0.5, 0.6) is 0 Å². The van der Waals surface area contributed by atoms with Crippen molar-refractivity contribution in [3.05, 3.63) is 30.0 Å². The maximum atomic E-state index is 12.7. The lowest BCUT2D eigenvalue weighted by Gasteiger charge is -2.36. The summed E-state index contributed by atoms with van der Waals surface area (Å²) in [6.45, 7) is 3.60. The summed E-state index contributed by atoms with van der Waals surface area (Å²) in [6, 6.07) is 5.57. The third kappa shape index (κ3) is 2.49. The van der Waals surface area contributed by atoms with Gasteiger partial charge in [0.05, 0.1) is 11.7 Å². The Morgan fingerprint density at radius 1 is 1.48 bits per heavy atom. The molecule has 1 aliphatic rings. The number of amides is 1. The average molecular weight is 287 g/mol. The molecule has 3 N–H and O–H groups in total. The van der Waals surface area contributed by atoms with Crippen molar-refractivity contribution in [2.75, 3.05) is 25.9 Å². The number of carbonyl (C=O) groups is 1. The zero-order valence-electron chi connectivity index (χ0n) is 12.4. The lowest BCUT2D eigenvalue weighted by Crippen LogP contribution is -2.46. The van der Waals surface area contributed by atoms with Crippen LogP contribution in [0.1, 0.15) is 23.7 Å². The van der Waals surface area contributed by atoms with E-state index >= 15 is 0 Å². The number of fused-ring (bicyclic) bond motifs is 1. The van der Waals surface area contributed by atoms with E-state index in [1.807, 2.05) is 23.1 Å². The molecule has 0 bridgehead atoms. The zero-order valence-corrected chi connectivity index (χ0v) is 12.4. The molecular weight excluding hydrogens is 266 g/mol. The normalized spacial score (nSPS) is 22.7. The number of nitrogen functional groups attached to an aromatic ring is 1. The van der Waals surface area contributed by atoms with Crippen LogP contribution in [0.15, 0.2) is 24.4 Å². The highest BCUT2D eigenvalue weighted by atomic mass is 16.5. The van der Waals surface area contributed by atoms with Gasteiger partial charge < -0.3 is 20.4 Å². The number of piperidine rings is 1. The molecule has 1 aliphatic heterocycles. The number of methoxy groups -OCH3 is 1. The van der Waals surface area contributed by atoms with Crippen molar-refractivity contribution in [3.63, 3.8) is 0 Å². The molecule has 21 heavy (non-hydrogen) atoms. The topological polar surface area (TPSA) is 71.3 Å². The molecule has 0 aliphatic carbocycles. The number of hydrogen-bond donors (Lipinski definition) is 2. The molecule has 1 fully saturated rings. The highest BCUT2D eigenvalue weighted by Gasteiger charge is 2.30. The standard InChI is InChI=1S/C16H21N3O2/c1-10-5-6-19(9-15(10)21-2)16(20)13-8-18-14-7-11(17)3-4-12(13)14/h3-4,7-8,10,15,18H,5-6,9,17H2,1-2H3. The minimum Gasteiger partial charge on any atom is -0.399 e. The highest BCUT2D eigenvalue weighted by Crippen LogP contribution is 2.25. The molecule has 1 aromatic carbocycles. The number of hydrogen-bond acceptors (Lipinski definition) is 3. The van der Waals surface area contributed by atoms with Gasteiger partial charge in [0.1, 0.15) is 0 Å². The van der Waals surface area contributed by atoms with Gasteiger partial charge in [0.2, 0.25) is 0 Å². The molecule has 0 radical (unpaired) electrons. The molecule has 2 unspecified atom stereocenters. The Kier molecular flexibility index (Phi) is 3.59. The predicted octanol–water partition coefficient (Wildman–Crippen LogP) is 2.25. The fourth-order valence-electron chi connectivity index (χ4n) is 3.02. The molecule has 3 rings (SSSR count). The Hall–Kier alpha value is -2.01. The summed E-state index contributed by atoms with van der Waals surface area (Å²) < 4.78 is 5.49. The van der Waals surface area contributed by atoms with Gasteiger partial charge in [-0.2, -0.15) is 0 Å². The number of anilines is 1. The summed E-state index contributed by atoms with van der Waals surface area (Å²) in [4.78, 5) is 17.8. The van der Waals surface area contributed by atoms with E-state index < -0.39 is 0 Å². The van der Waals surface area contributed by atoms with E-state index in [0.29, 0.717) is 23.7 Å². The van der Waals surface area contributed by atoms with E-state index in [9.17, 15) is 4.79 Å². The van der Waals surface area contributed by atoms with Crippen molar-refractivity contribution in [1.82, 2.24) is 9.88 Å². The van der Waals surface area contributed by atoms with Crippen molar-refractivity contribution in [2.24, 2.45) is 5.92 Å². The van der Waals surface area contributed by atoms with Crippen molar-refractivity contribution < 1.29 is 9.53 Å². The van der Waals surface area contributed by atoms with Crippen LogP contribution in [-0.2, 0) is 4.74 Å². The highest BCUT2D eigenvalue weighted by molar-refractivity contribution is 6.07. The minimum atomic E-state index is 0.0555. The molecule has 2 atom stereocenters. The van der Waals surface area contributed by atoms with Crippen molar-refractivity contribution in [1.29, 1.82) is 0 Å². The van der Waals surface area contributed by atoms with Crippen LogP contribution in [0.4, 0.5) is 5.69 Å². The van der Waals surface area contributed by atoms with E-state index in [1.165, 1.54) is 0 Å². The summed E-state index contributed by atoms with van der Waals surface area (Å²) in [5.74, 6) is 0.543. The number of nitrogens with one attached hydrogen (secondary N) is 1. The molecule has 2 aromatic rings. The number of likely N-dealkylation sites (tertiary alicyclic amines) is 1. The molecule has 5 nitrogen and oxygen atoms in total. The molecular formula is C16H21N3O2. The quantitative estimate of drug-likeness (QED) is 0.832. The summed E-state index contributed by atoms with van der Waals surface area (Å²) >= 11 is 0. The third-order valence-corrected chi connectivity index (χ3v) is 4.42. The molecule has 112 valence electrons. The summed E-state index contributed by atoms with van der Waals surface area (Å²) in [6.07, 6.45) is 2.86. The van der Waals surface area contributed by atoms with Crippen LogP contribution in [0.3, 0.4) is 0 Å². The number of nitrogens with zero attached hydrogens (tertiary/aromatic N) is 1. The van der Waals surface area contributed by atoms with E-state index in [0.717, 1.165) is 23.9 Å². The van der Waals surface area contributed by atoms with Crippen LogP contribution in [-0.4, -0.2) is 42.1 Å². The molecule has 0 saturated carbocycles. The number of nitrogens with two attached hydrogens (primary N) is 1. The van der Waals surface area contributed by atoms with Crippen molar-refractivity contribution >= 4 is 22.5 Å². The van der Waals surface area contributed by atoms with E-state index in [-0.39, 0.29) is 12.0 Å². The van der Waals surface area contributed by atoms with Crippen LogP contribution in [0.25, 0.3) is 10.9 Å². The number of aromatic amines is 1. The fourth-order valence-corrected chi connectivity index (χ4v) is 3.02. The van der Waals surface area contributed by atoms with Crippen LogP contribution >= 0.6 is 0 Å². The molecule has 5 heteroatoms. The molecule has 1 amide bonds. The van der Waals surface area contributed by atoms with Crippen LogP contribution < -0.4 is 5.73 Å². The second-order valence-electron chi connectivity index (χ2n) is 5.80. The van der Waals surface area contributed by atoms with Crippen LogP contribution in [0.2, 0.25) is 0 Å². The average Bonchev–Trinajstić information content (AvgIpc) is 2.89. The first-order valence-corrected chi connectivity index (χ1v) is 7.29. The van der Waals surface area contributed by atoms with Gasteiger partial charge in [0, 0.05) is 43.0 Å². The Morgan fingerprint density at radius 2 is 2.29 bits per heavy atom. The molecule has 1 saturated heterocycles. The largest absolute Gasteiger partial charge is 0.399 e. The Balaban J connectivity index is 1.87. The maximum Gasteiger partial charge on any atom is 0.256 e. The van der Waals surface area contributed by atoms with E-state index in [4.69, 9.17) is 10.5 Å². The fraction of sp³-hybridized carbons (Fsp3) is 0.438. The van der Waals surface area contributed by atoms with Crippen LogP contribution in [0, 0.1) is 5.92 Å². The smallest absolute Gasteiger partial charge is 0.256 e. The van der Waals surface area contributed by atoms with Gasteiger partial charge >= 0.3 is 0 Å². The number of aromatic nitrogens is 1. The van der Waals surface area contributed by atoms with E-state index in [2.05, 4.69) is 11.9 Å². The second kappa shape index (κ2) is 5.41. The van der Waals surface area contributed by atoms with Crippen molar-refractivity contribution in [2.45, 2.75) is 19.4 Å². The summed E-state index contributed by atoms with van der Waals surface area (Å²) in [7, 11) is 1.71. The van der Waals surface area contributed by atoms with Gasteiger partial charge in [-0.05, 0) is 30.5 Å². The summed E-state index contributed by atoms with van der Waals surface area (Å²) in [5, 5.41) is 0.918. The minimum absolute atomic E-state index is 0.0555. The first-order chi connectivity index (χ1) is 10.1. The number of benzene rings is 1.